The lowest BCUT2D eigenvalue weighted by Crippen LogP contribution is -2.45. The lowest BCUT2D eigenvalue weighted by atomic mass is 10.0. The van der Waals surface area contributed by atoms with Crippen LogP contribution >= 0.6 is 0 Å². The number of carbonyl (C=O) groups excluding carboxylic acids is 1. The van der Waals surface area contributed by atoms with E-state index in [1.54, 1.807) is 6.08 Å². The first kappa shape index (κ1) is 59.6. The molecule has 4 nitrogen and oxygen atoms in total. The predicted molar refractivity (Wildman–Crippen MR) is 272 cm³/mol. The van der Waals surface area contributed by atoms with Gasteiger partial charge in [0.15, 0.2) is 0 Å². The van der Waals surface area contributed by atoms with Crippen molar-refractivity contribution in [2.24, 2.45) is 0 Å². The normalized spacial score (nSPS) is 13.0. The van der Waals surface area contributed by atoms with Gasteiger partial charge in [-0.3, -0.25) is 4.79 Å². The van der Waals surface area contributed by atoms with Crippen LogP contribution in [0.5, 0.6) is 0 Å². The van der Waals surface area contributed by atoms with Crippen LogP contribution in [0, 0.1) is 0 Å². The fourth-order valence-corrected chi connectivity index (χ4v) is 8.62. The topological polar surface area (TPSA) is 69.6 Å². The van der Waals surface area contributed by atoms with Gasteiger partial charge in [-0.15, -0.1) is 0 Å². The third kappa shape index (κ3) is 49.5. The number of hydrogen-bond donors (Lipinski definition) is 3. The Morgan fingerprint density at radius 3 is 1.02 bits per heavy atom. The van der Waals surface area contributed by atoms with Crippen molar-refractivity contribution >= 4 is 5.91 Å². The Bertz CT molecular complexity index is 928. The van der Waals surface area contributed by atoms with E-state index < -0.39 is 12.1 Å². The molecule has 0 aromatic heterocycles. The van der Waals surface area contributed by atoms with Gasteiger partial charge in [-0.25, -0.2) is 0 Å². The standard InChI is InChI=1S/C57H109NO3/c1-3-5-7-9-11-13-15-17-19-21-22-23-24-25-26-27-28-29-30-31-32-33-34-35-37-38-40-42-44-46-48-50-52-56(60)55(54-59)58-57(61)53-51-49-47-45-43-41-39-36-20-18-16-14-12-10-8-6-4-2/h12,14,18,20,50,52,55-56,59-60H,3-11,13,15-17,19,21-49,51,53-54H2,1-2H3,(H,58,61)/b14-12-,20-18-,52-50+. The van der Waals surface area contributed by atoms with Crippen LogP contribution in [0.2, 0.25) is 0 Å². The highest BCUT2D eigenvalue weighted by Gasteiger charge is 2.18. The van der Waals surface area contributed by atoms with E-state index in [2.05, 4.69) is 43.5 Å². The van der Waals surface area contributed by atoms with Crippen LogP contribution in [0.3, 0.4) is 0 Å². The molecule has 0 bridgehead atoms. The summed E-state index contributed by atoms with van der Waals surface area (Å²) in [4.78, 5) is 12.4. The molecule has 2 unspecified atom stereocenters. The minimum absolute atomic E-state index is 0.0693. The molecule has 0 aromatic rings. The molecule has 4 heteroatoms. The van der Waals surface area contributed by atoms with Crippen molar-refractivity contribution in [3.8, 4) is 0 Å². The Kier molecular flexibility index (Phi) is 51.7. The molecule has 2 atom stereocenters. The van der Waals surface area contributed by atoms with E-state index in [0.29, 0.717) is 6.42 Å². The molecule has 0 spiro atoms. The highest BCUT2D eigenvalue weighted by Crippen LogP contribution is 2.17. The van der Waals surface area contributed by atoms with E-state index >= 15 is 0 Å². The maximum Gasteiger partial charge on any atom is 0.220 e. The molecule has 0 fully saturated rings. The smallest absolute Gasteiger partial charge is 0.220 e. The van der Waals surface area contributed by atoms with Crippen molar-refractivity contribution in [2.45, 2.75) is 315 Å². The molecule has 0 radical (unpaired) electrons. The zero-order chi connectivity index (χ0) is 44.2. The summed E-state index contributed by atoms with van der Waals surface area (Å²) in [6.07, 6.45) is 71.7. The molecule has 0 aromatic carbocycles. The second-order valence-electron chi connectivity index (χ2n) is 19.0. The second kappa shape index (κ2) is 53.0. The molecule has 0 heterocycles. The predicted octanol–water partition coefficient (Wildman–Crippen LogP) is 18.1. The summed E-state index contributed by atoms with van der Waals surface area (Å²) in [5, 5.41) is 23.1. The Morgan fingerprint density at radius 1 is 0.393 bits per heavy atom. The van der Waals surface area contributed by atoms with Gasteiger partial charge in [0, 0.05) is 6.42 Å². The van der Waals surface area contributed by atoms with Crippen LogP contribution in [0.1, 0.15) is 303 Å². The summed E-state index contributed by atoms with van der Waals surface area (Å²) in [7, 11) is 0. The van der Waals surface area contributed by atoms with Gasteiger partial charge in [-0.2, -0.15) is 0 Å². The van der Waals surface area contributed by atoms with Crippen molar-refractivity contribution in [1.82, 2.24) is 5.32 Å². The molecule has 3 N–H and O–H groups in total. The Hall–Kier alpha value is -1.39. The van der Waals surface area contributed by atoms with Gasteiger partial charge < -0.3 is 15.5 Å². The van der Waals surface area contributed by atoms with Crippen molar-refractivity contribution in [2.75, 3.05) is 6.61 Å². The van der Waals surface area contributed by atoms with Crippen LogP contribution in [0.4, 0.5) is 0 Å². The van der Waals surface area contributed by atoms with Crippen LogP contribution in [0.25, 0.3) is 0 Å². The van der Waals surface area contributed by atoms with E-state index in [1.807, 2.05) is 6.08 Å². The molecule has 360 valence electrons. The first-order valence-electron chi connectivity index (χ1n) is 27.7. The SMILES string of the molecule is CCCCC/C=C\C/C=C\CCCCCCCCCC(=O)NC(CO)C(O)/C=C/CCCCCCCCCCCCCCCCCCCCCCCCCCCCCCCC. The van der Waals surface area contributed by atoms with Crippen LogP contribution < -0.4 is 5.32 Å². The fourth-order valence-electron chi connectivity index (χ4n) is 8.62. The maximum absolute atomic E-state index is 12.4. The number of amides is 1. The van der Waals surface area contributed by atoms with Crippen molar-refractivity contribution in [3.05, 3.63) is 36.5 Å². The van der Waals surface area contributed by atoms with Crippen LogP contribution in [0.15, 0.2) is 36.5 Å². The quantitative estimate of drug-likeness (QED) is 0.0422. The van der Waals surface area contributed by atoms with Gasteiger partial charge in [0.2, 0.25) is 5.91 Å². The number of aliphatic hydroxyl groups excluding tert-OH is 2. The lowest BCUT2D eigenvalue weighted by molar-refractivity contribution is -0.123. The Morgan fingerprint density at radius 2 is 0.672 bits per heavy atom. The van der Waals surface area contributed by atoms with Gasteiger partial charge in [0.1, 0.15) is 0 Å². The van der Waals surface area contributed by atoms with Crippen molar-refractivity contribution in [1.29, 1.82) is 0 Å². The third-order valence-electron chi connectivity index (χ3n) is 12.9. The number of hydrogen-bond acceptors (Lipinski definition) is 3. The van der Waals surface area contributed by atoms with E-state index in [-0.39, 0.29) is 12.5 Å². The molecule has 0 aliphatic heterocycles. The molecule has 61 heavy (non-hydrogen) atoms. The van der Waals surface area contributed by atoms with Gasteiger partial charge in [-0.05, 0) is 51.4 Å². The minimum atomic E-state index is -0.843. The number of aliphatic hydroxyl groups is 2. The highest BCUT2D eigenvalue weighted by molar-refractivity contribution is 5.76. The molecule has 0 rings (SSSR count). The lowest BCUT2D eigenvalue weighted by Gasteiger charge is -2.20. The van der Waals surface area contributed by atoms with Crippen molar-refractivity contribution < 1.29 is 15.0 Å². The summed E-state index contributed by atoms with van der Waals surface area (Å²) >= 11 is 0. The highest BCUT2D eigenvalue weighted by atomic mass is 16.3. The molecule has 0 saturated heterocycles. The summed E-state index contributed by atoms with van der Waals surface area (Å²) < 4.78 is 0. The summed E-state index contributed by atoms with van der Waals surface area (Å²) in [5.74, 6) is -0.0693. The zero-order valence-electron chi connectivity index (χ0n) is 41.4. The molecule has 1 amide bonds. The first-order valence-corrected chi connectivity index (χ1v) is 27.7. The van der Waals surface area contributed by atoms with Crippen LogP contribution in [-0.2, 0) is 4.79 Å². The summed E-state index contributed by atoms with van der Waals surface area (Å²) in [6.45, 7) is 4.30. The molecule has 0 saturated carbocycles. The Balaban J connectivity index is 3.45. The average Bonchev–Trinajstić information content (AvgIpc) is 3.26. The monoisotopic (exact) mass is 856 g/mol. The fraction of sp³-hybridized carbons (Fsp3) is 0.877. The van der Waals surface area contributed by atoms with Gasteiger partial charge in [-0.1, -0.05) is 281 Å². The van der Waals surface area contributed by atoms with Gasteiger partial charge >= 0.3 is 0 Å². The first-order chi connectivity index (χ1) is 30.2. The molecular weight excluding hydrogens is 747 g/mol. The van der Waals surface area contributed by atoms with E-state index in [0.717, 1.165) is 32.1 Å². The number of carbonyl (C=O) groups is 1. The largest absolute Gasteiger partial charge is 0.394 e. The minimum Gasteiger partial charge on any atom is -0.394 e. The van der Waals surface area contributed by atoms with E-state index in [4.69, 9.17) is 0 Å². The summed E-state index contributed by atoms with van der Waals surface area (Å²) in [6, 6.07) is -0.627. The number of unbranched alkanes of at least 4 members (excludes halogenated alkanes) is 40. The number of nitrogens with one attached hydrogen (secondary N) is 1. The maximum atomic E-state index is 12.4. The van der Waals surface area contributed by atoms with Crippen LogP contribution in [-0.4, -0.2) is 34.9 Å². The van der Waals surface area contributed by atoms with E-state index in [1.165, 1.54) is 250 Å². The average molecular weight is 857 g/mol. The summed E-state index contributed by atoms with van der Waals surface area (Å²) in [5.41, 5.74) is 0. The van der Waals surface area contributed by atoms with Gasteiger partial charge in [0.05, 0.1) is 18.8 Å². The van der Waals surface area contributed by atoms with Gasteiger partial charge in [0.25, 0.3) is 0 Å². The van der Waals surface area contributed by atoms with Crippen molar-refractivity contribution in [3.63, 3.8) is 0 Å². The van der Waals surface area contributed by atoms with E-state index in [9.17, 15) is 15.0 Å². The second-order valence-corrected chi connectivity index (χ2v) is 19.0. The Labute approximate surface area is 382 Å². The molecule has 0 aliphatic rings. The number of allylic oxidation sites excluding steroid dienone is 5. The molecular formula is C57H109NO3. The number of rotatable bonds is 51. The molecule has 0 aliphatic carbocycles. The zero-order valence-corrected chi connectivity index (χ0v) is 41.4. The third-order valence-corrected chi connectivity index (χ3v) is 12.9.